The van der Waals surface area contributed by atoms with Crippen molar-refractivity contribution in [2.45, 2.75) is 70.6 Å². The number of ether oxygens (including phenoxy) is 1. The topological polar surface area (TPSA) is 21.3 Å². The highest BCUT2D eigenvalue weighted by atomic mass is 16.5. The van der Waals surface area contributed by atoms with Crippen LogP contribution in [0.5, 0.6) is 0 Å². The minimum absolute atomic E-state index is 0.0402. The maximum atomic E-state index is 6.16. The Morgan fingerprint density at radius 3 is 2.33 bits per heavy atom. The molecule has 2 aliphatic rings. The number of hydrogen-bond acceptors (Lipinski definition) is 2. The molecule has 0 amide bonds. The fourth-order valence-corrected chi connectivity index (χ4v) is 3.45. The van der Waals surface area contributed by atoms with Gasteiger partial charge < -0.3 is 10.1 Å². The smallest absolute Gasteiger partial charge is 0.0677 e. The molecule has 0 spiro atoms. The second-order valence-electron chi connectivity index (χ2n) is 6.33. The van der Waals surface area contributed by atoms with Gasteiger partial charge in [0.2, 0.25) is 0 Å². The Kier molecular flexibility index (Phi) is 2.85. The fourth-order valence-electron chi connectivity index (χ4n) is 3.45. The molecule has 0 aromatic rings. The Balaban J connectivity index is 2.07. The van der Waals surface area contributed by atoms with Gasteiger partial charge in [-0.2, -0.15) is 0 Å². The molecule has 15 heavy (non-hydrogen) atoms. The van der Waals surface area contributed by atoms with Crippen LogP contribution >= 0.6 is 0 Å². The predicted molar refractivity (Wildman–Crippen MR) is 63.0 cm³/mol. The molecule has 2 aliphatic heterocycles. The van der Waals surface area contributed by atoms with Crippen molar-refractivity contribution in [3.05, 3.63) is 0 Å². The van der Waals surface area contributed by atoms with Crippen molar-refractivity contribution >= 4 is 0 Å². The molecular formula is C13H25NO. The van der Waals surface area contributed by atoms with Gasteiger partial charge in [0.1, 0.15) is 0 Å². The van der Waals surface area contributed by atoms with Crippen LogP contribution in [0.4, 0.5) is 0 Å². The van der Waals surface area contributed by atoms with Gasteiger partial charge in [0, 0.05) is 12.0 Å². The molecule has 0 aromatic heterocycles. The van der Waals surface area contributed by atoms with Crippen LogP contribution in [-0.2, 0) is 4.74 Å². The molecule has 2 heterocycles. The Morgan fingerprint density at radius 2 is 1.87 bits per heavy atom. The van der Waals surface area contributed by atoms with E-state index in [1.165, 1.54) is 32.2 Å². The summed E-state index contributed by atoms with van der Waals surface area (Å²) in [5, 5.41) is 3.67. The van der Waals surface area contributed by atoms with E-state index in [1.54, 1.807) is 0 Å². The van der Waals surface area contributed by atoms with Crippen LogP contribution in [-0.4, -0.2) is 23.8 Å². The van der Waals surface area contributed by atoms with Crippen molar-refractivity contribution in [3.63, 3.8) is 0 Å². The number of piperidine rings is 1. The first kappa shape index (κ1) is 11.4. The van der Waals surface area contributed by atoms with Crippen molar-refractivity contribution in [1.29, 1.82) is 0 Å². The van der Waals surface area contributed by atoms with Crippen LogP contribution in [0.25, 0.3) is 0 Å². The predicted octanol–water partition coefficient (Wildman–Crippen LogP) is 2.72. The quantitative estimate of drug-likeness (QED) is 0.720. The summed E-state index contributed by atoms with van der Waals surface area (Å²) in [6.07, 6.45) is 5.24. The van der Waals surface area contributed by atoms with E-state index in [0.29, 0.717) is 12.0 Å². The van der Waals surface area contributed by atoms with E-state index < -0.39 is 0 Å². The van der Waals surface area contributed by atoms with E-state index in [1.807, 2.05) is 0 Å². The molecule has 0 aliphatic carbocycles. The molecule has 2 fully saturated rings. The van der Waals surface area contributed by atoms with Crippen molar-refractivity contribution in [1.82, 2.24) is 5.32 Å². The number of rotatable bonds is 1. The van der Waals surface area contributed by atoms with Gasteiger partial charge >= 0.3 is 0 Å². The van der Waals surface area contributed by atoms with Gasteiger partial charge in [-0.05, 0) is 53.5 Å². The lowest BCUT2D eigenvalue weighted by Gasteiger charge is -2.35. The SMILES string of the molecule is CC1(C)CC(C2CCCCN2)C(C)(C)O1. The summed E-state index contributed by atoms with van der Waals surface area (Å²) in [5.41, 5.74) is 0.103. The Labute approximate surface area is 93.8 Å². The molecule has 88 valence electrons. The largest absolute Gasteiger partial charge is 0.369 e. The lowest BCUT2D eigenvalue weighted by Crippen LogP contribution is -2.46. The van der Waals surface area contributed by atoms with Gasteiger partial charge in [-0.1, -0.05) is 6.42 Å². The standard InChI is InChI=1S/C13H25NO/c1-12(2)9-10(13(3,4)15-12)11-7-5-6-8-14-11/h10-11,14H,5-9H2,1-4H3. The van der Waals surface area contributed by atoms with E-state index >= 15 is 0 Å². The summed E-state index contributed by atoms with van der Waals surface area (Å²) >= 11 is 0. The van der Waals surface area contributed by atoms with Gasteiger partial charge in [-0.25, -0.2) is 0 Å². The van der Waals surface area contributed by atoms with E-state index in [2.05, 4.69) is 33.0 Å². The van der Waals surface area contributed by atoms with E-state index in [4.69, 9.17) is 4.74 Å². The van der Waals surface area contributed by atoms with Gasteiger partial charge in [-0.3, -0.25) is 0 Å². The summed E-state index contributed by atoms with van der Waals surface area (Å²) in [6, 6.07) is 0.676. The summed E-state index contributed by atoms with van der Waals surface area (Å²) in [5.74, 6) is 0.674. The van der Waals surface area contributed by atoms with Crippen LogP contribution in [0, 0.1) is 5.92 Å². The molecule has 0 saturated carbocycles. The maximum absolute atomic E-state index is 6.16. The van der Waals surface area contributed by atoms with Crippen molar-refractivity contribution in [2.24, 2.45) is 5.92 Å². The molecule has 2 rings (SSSR count). The van der Waals surface area contributed by atoms with Crippen molar-refractivity contribution in [2.75, 3.05) is 6.54 Å². The second-order valence-corrected chi connectivity index (χ2v) is 6.33. The highest BCUT2D eigenvalue weighted by molar-refractivity contribution is 5.00. The average Bonchev–Trinajstić information content (AvgIpc) is 2.36. The second kappa shape index (κ2) is 3.74. The van der Waals surface area contributed by atoms with E-state index in [9.17, 15) is 0 Å². The van der Waals surface area contributed by atoms with Crippen LogP contribution in [0.1, 0.15) is 53.4 Å². The monoisotopic (exact) mass is 211 g/mol. The van der Waals surface area contributed by atoms with E-state index in [0.717, 1.165) is 0 Å². The summed E-state index contributed by atoms with van der Waals surface area (Å²) in [6.45, 7) is 10.1. The Hall–Kier alpha value is -0.0800. The van der Waals surface area contributed by atoms with Crippen LogP contribution in [0.15, 0.2) is 0 Å². The van der Waals surface area contributed by atoms with Crippen LogP contribution in [0.3, 0.4) is 0 Å². The molecule has 2 unspecified atom stereocenters. The van der Waals surface area contributed by atoms with E-state index in [-0.39, 0.29) is 11.2 Å². The first-order valence-electron chi connectivity index (χ1n) is 6.34. The molecule has 2 atom stereocenters. The highest BCUT2D eigenvalue weighted by Crippen LogP contribution is 2.44. The first-order valence-corrected chi connectivity index (χ1v) is 6.34. The minimum Gasteiger partial charge on any atom is -0.369 e. The lowest BCUT2D eigenvalue weighted by atomic mass is 9.79. The van der Waals surface area contributed by atoms with Crippen LogP contribution < -0.4 is 5.32 Å². The molecular weight excluding hydrogens is 186 g/mol. The van der Waals surface area contributed by atoms with Gasteiger partial charge in [0.25, 0.3) is 0 Å². The number of nitrogens with one attached hydrogen (secondary N) is 1. The Bertz CT molecular complexity index is 229. The summed E-state index contributed by atoms with van der Waals surface area (Å²) in [7, 11) is 0. The van der Waals surface area contributed by atoms with Crippen molar-refractivity contribution < 1.29 is 4.74 Å². The average molecular weight is 211 g/mol. The lowest BCUT2D eigenvalue weighted by molar-refractivity contribution is -0.0783. The third kappa shape index (κ3) is 2.36. The zero-order chi connectivity index (χ0) is 11.1. The molecule has 0 radical (unpaired) electrons. The number of hydrogen-bond donors (Lipinski definition) is 1. The summed E-state index contributed by atoms with van der Waals surface area (Å²) < 4.78 is 6.16. The Morgan fingerprint density at radius 1 is 1.13 bits per heavy atom. The molecule has 1 N–H and O–H groups in total. The van der Waals surface area contributed by atoms with Gasteiger partial charge in [0.05, 0.1) is 11.2 Å². The highest BCUT2D eigenvalue weighted by Gasteiger charge is 2.48. The summed E-state index contributed by atoms with van der Waals surface area (Å²) in [4.78, 5) is 0. The fraction of sp³-hybridized carbons (Fsp3) is 1.00. The molecule has 0 aromatic carbocycles. The van der Waals surface area contributed by atoms with Gasteiger partial charge in [-0.15, -0.1) is 0 Å². The third-order valence-corrected chi connectivity index (χ3v) is 3.98. The third-order valence-electron chi connectivity index (χ3n) is 3.98. The normalized spacial score (nSPS) is 39.2. The first-order chi connectivity index (χ1) is 6.91. The zero-order valence-electron chi connectivity index (χ0n) is 10.6. The van der Waals surface area contributed by atoms with Crippen molar-refractivity contribution in [3.8, 4) is 0 Å². The maximum Gasteiger partial charge on any atom is 0.0677 e. The molecule has 2 saturated heterocycles. The van der Waals surface area contributed by atoms with Gasteiger partial charge in [0.15, 0.2) is 0 Å². The minimum atomic E-state index is 0.0402. The molecule has 0 bridgehead atoms. The van der Waals surface area contributed by atoms with Crippen LogP contribution in [0.2, 0.25) is 0 Å². The molecule has 2 nitrogen and oxygen atoms in total. The zero-order valence-corrected chi connectivity index (χ0v) is 10.6. The molecule has 2 heteroatoms.